The van der Waals surface area contributed by atoms with Crippen LogP contribution in [-0.2, 0) is 9.59 Å². The average Bonchev–Trinajstić information content (AvgIpc) is 2.66. The summed E-state index contributed by atoms with van der Waals surface area (Å²) in [6.07, 6.45) is 6.85. The monoisotopic (exact) mass is 254 g/mol. The maximum atomic E-state index is 11.8. The van der Waals surface area contributed by atoms with Crippen molar-refractivity contribution in [3.8, 4) is 0 Å². The van der Waals surface area contributed by atoms with E-state index in [0.29, 0.717) is 19.4 Å². The van der Waals surface area contributed by atoms with E-state index in [9.17, 15) is 14.7 Å². The van der Waals surface area contributed by atoms with Gasteiger partial charge in [-0.1, -0.05) is 25.7 Å². The van der Waals surface area contributed by atoms with Crippen molar-refractivity contribution in [1.82, 2.24) is 10.6 Å². The highest BCUT2D eigenvalue weighted by Gasteiger charge is 2.31. The summed E-state index contributed by atoms with van der Waals surface area (Å²) >= 11 is 0. The summed E-state index contributed by atoms with van der Waals surface area (Å²) in [5, 5.41) is 15.8. The molecule has 18 heavy (non-hydrogen) atoms. The fraction of sp³-hybridized carbons (Fsp3) is 0.846. The Labute approximate surface area is 107 Å². The number of aliphatic hydroxyl groups is 1. The number of carbonyl (C=O) groups is 2. The van der Waals surface area contributed by atoms with Gasteiger partial charge in [0.1, 0.15) is 6.04 Å². The predicted molar refractivity (Wildman–Crippen MR) is 66.8 cm³/mol. The third kappa shape index (κ3) is 3.45. The number of amides is 2. The Morgan fingerprint density at radius 3 is 2.56 bits per heavy atom. The van der Waals surface area contributed by atoms with Crippen molar-refractivity contribution in [3.05, 3.63) is 0 Å². The number of nitrogens with one attached hydrogen (secondary N) is 2. The molecule has 1 saturated carbocycles. The largest absolute Gasteiger partial charge is 0.388 e. The molecule has 0 aromatic heterocycles. The second-order valence-electron chi connectivity index (χ2n) is 5.52. The smallest absolute Gasteiger partial charge is 0.242 e. The summed E-state index contributed by atoms with van der Waals surface area (Å²) in [7, 11) is 0. The Kier molecular flexibility index (Phi) is 4.22. The van der Waals surface area contributed by atoms with Crippen LogP contribution >= 0.6 is 0 Å². The van der Waals surface area contributed by atoms with Crippen LogP contribution < -0.4 is 10.6 Å². The van der Waals surface area contributed by atoms with Crippen LogP contribution in [0.15, 0.2) is 0 Å². The van der Waals surface area contributed by atoms with E-state index in [-0.39, 0.29) is 11.8 Å². The number of hydrogen-bond acceptors (Lipinski definition) is 3. The second-order valence-corrected chi connectivity index (χ2v) is 5.52. The molecule has 0 spiro atoms. The third-order valence-corrected chi connectivity index (χ3v) is 3.94. The van der Waals surface area contributed by atoms with E-state index < -0.39 is 11.6 Å². The van der Waals surface area contributed by atoms with Gasteiger partial charge in [-0.15, -0.1) is 0 Å². The number of hydrogen-bond donors (Lipinski definition) is 3. The van der Waals surface area contributed by atoms with Gasteiger partial charge in [-0.25, -0.2) is 0 Å². The Balaban J connectivity index is 1.79. The fourth-order valence-electron chi connectivity index (χ4n) is 2.75. The molecular weight excluding hydrogens is 232 g/mol. The molecule has 2 amide bonds. The first-order valence-corrected chi connectivity index (χ1v) is 6.89. The molecule has 5 nitrogen and oxygen atoms in total. The maximum Gasteiger partial charge on any atom is 0.242 e. The molecule has 1 saturated heterocycles. The zero-order chi connectivity index (χ0) is 13.0. The molecule has 2 aliphatic rings. The standard InChI is InChI=1S/C13H22N2O3/c16-11-6-5-10(15-11)12(17)14-9-13(18)7-3-1-2-4-8-13/h10,18H,1-9H2,(H,14,17)(H,15,16). The average molecular weight is 254 g/mol. The minimum atomic E-state index is -0.755. The van der Waals surface area contributed by atoms with Crippen LogP contribution in [0.4, 0.5) is 0 Å². The first-order valence-electron chi connectivity index (χ1n) is 6.89. The van der Waals surface area contributed by atoms with Crippen molar-refractivity contribution in [3.63, 3.8) is 0 Å². The topological polar surface area (TPSA) is 78.4 Å². The highest BCUT2D eigenvalue weighted by Crippen LogP contribution is 2.26. The van der Waals surface area contributed by atoms with Gasteiger partial charge >= 0.3 is 0 Å². The highest BCUT2D eigenvalue weighted by atomic mass is 16.3. The highest BCUT2D eigenvalue weighted by molar-refractivity contribution is 5.90. The zero-order valence-corrected chi connectivity index (χ0v) is 10.7. The van der Waals surface area contributed by atoms with Crippen LogP contribution in [-0.4, -0.2) is 35.1 Å². The fourth-order valence-corrected chi connectivity index (χ4v) is 2.75. The van der Waals surface area contributed by atoms with Crippen LogP contribution in [0.1, 0.15) is 51.4 Å². The summed E-state index contributed by atoms with van der Waals surface area (Å²) in [6.45, 7) is 0.304. The molecule has 1 aliphatic carbocycles. The van der Waals surface area contributed by atoms with Gasteiger partial charge in [0.15, 0.2) is 0 Å². The lowest BCUT2D eigenvalue weighted by Crippen LogP contribution is -2.48. The molecule has 1 unspecified atom stereocenters. The zero-order valence-electron chi connectivity index (χ0n) is 10.7. The van der Waals surface area contributed by atoms with Crippen LogP contribution in [0.25, 0.3) is 0 Å². The molecule has 1 aliphatic heterocycles. The van der Waals surface area contributed by atoms with Gasteiger partial charge in [-0.05, 0) is 19.3 Å². The van der Waals surface area contributed by atoms with Crippen molar-refractivity contribution in [2.75, 3.05) is 6.54 Å². The van der Waals surface area contributed by atoms with Crippen molar-refractivity contribution >= 4 is 11.8 Å². The Morgan fingerprint density at radius 2 is 2.00 bits per heavy atom. The van der Waals surface area contributed by atoms with Gasteiger partial charge in [0.05, 0.1) is 5.60 Å². The Bertz CT molecular complexity index is 322. The van der Waals surface area contributed by atoms with Crippen LogP contribution in [0.2, 0.25) is 0 Å². The summed E-state index contributed by atoms with van der Waals surface area (Å²) in [6, 6.07) is -0.410. The first-order chi connectivity index (χ1) is 8.59. The summed E-state index contributed by atoms with van der Waals surface area (Å²) < 4.78 is 0. The minimum Gasteiger partial charge on any atom is -0.388 e. The molecule has 0 radical (unpaired) electrons. The first kappa shape index (κ1) is 13.3. The molecule has 3 N–H and O–H groups in total. The van der Waals surface area contributed by atoms with E-state index in [1.807, 2.05) is 0 Å². The normalized spacial score (nSPS) is 27.4. The van der Waals surface area contributed by atoms with Crippen molar-refractivity contribution < 1.29 is 14.7 Å². The molecule has 0 aromatic rings. The van der Waals surface area contributed by atoms with Gasteiger partial charge in [-0.3, -0.25) is 9.59 Å². The summed E-state index contributed by atoms with van der Waals surface area (Å²) in [4.78, 5) is 22.9. The van der Waals surface area contributed by atoms with Crippen LogP contribution in [0.5, 0.6) is 0 Å². The molecule has 1 heterocycles. The van der Waals surface area contributed by atoms with Crippen molar-refractivity contribution in [2.24, 2.45) is 0 Å². The molecule has 0 aromatic carbocycles. The van der Waals surface area contributed by atoms with Gasteiger partial charge in [-0.2, -0.15) is 0 Å². The lowest BCUT2D eigenvalue weighted by atomic mass is 9.94. The van der Waals surface area contributed by atoms with Gasteiger partial charge in [0.25, 0.3) is 0 Å². The van der Waals surface area contributed by atoms with E-state index in [2.05, 4.69) is 10.6 Å². The second kappa shape index (κ2) is 5.69. The Hall–Kier alpha value is -1.10. The van der Waals surface area contributed by atoms with E-state index in [1.54, 1.807) is 0 Å². The lowest BCUT2D eigenvalue weighted by molar-refractivity contribution is -0.126. The Morgan fingerprint density at radius 1 is 1.33 bits per heavy atom. The van der Waals surface area contributed by atoms with E-state index in [0.717, 1.165) is 38.5 Å². The summed E-state index contributed by atoms with van der Waals surface area (Å²) in [5.41, 5.74) is -0.755. The van der Waals surface area contributed by atoms with Crippen LogP contribution in [0.3, 0.4) is 0 Å². The quantitative estimate of drug-likeness (QED) is 0.640. The molecular formula is C13H22N2O3. The third-order valence-electron chi connectivity index (χ3n) is 3.94. The van der Waals surface area contributed by atoms with E-state index in [4.69, 9.17) is 0 Å². The minimum absolute atomic E-state index is 0.0664. The number of carbonyl (C=O) groups excluding carboxylic acids is 2. The molecule has 2 fully saturated rings. The number of rotatable bonds is 3. The molecule has 2 rings (SSSR count). The van der Waals surface area contributed by atoms with Crippen LogP contribution in [0, 0.1) is 0 Å². The van der Waals surface area contributed by atoms with E-state index in [1.165, 1.54) is 0 Å². The summed E-state index contributed by atoms with van der Waals surface area (Å²) in [5.74, 6) is -0.234. The van der Waals surface area contributed by atoms with E-state index >= 15 is 0 Å². The van der Waals surface area contributed by atoms with Gasteiger partial charge in [0, 0.05) is 13.0 Å². The molecule has 1 atom stereocenters. The van der Waals surface area contributed by atoms with Gasteiger partial charge in [0.2, 0.25) is 11.8 Å². The van der Waals surface area contributed by atoms with Crippen molar-refractivity contribution in [2.45, 2.75) is 63.0 Å². The molecule has 5 heteroatoms. The molecule has 0 bridgehead atoms. The maximum absolute atomic E-state index is 11.8. The predicted octanol–water partition coefficient (Wildman–Crippen LogP) is 0.466. The van der Waals surface area contributed by atoms with Gasteiger partial charge < -0.3 is 15.7 Å². The van der Waals surface area contributed by atoms with Crippen molar-refractivity contribution in [1.29, 1.82) is 0 Å². The lowest BCUT2D eigenvalue weighted by Gasteiger charge is -2.27. The SMILES string of the molecule is O=C1CCC(C(=O)NCC2(O)CCCCCC2)N1. The molecule has 102 valence electrons.